The number of hydrogen-bond acceptors (Lipinski definition) is 4. The molecule has 1 atom stereocenters. The molecule has 2 amide bonds. The third-order valence-electron chi connectivity index (χ3n) is 6.90. The molecule has 1 N–H and O–H groups in total. The molecule has 0 unspecified atom stereocenters. The Hall–Kier alpha value is -3.95. The van der Waals surface area contributed by atoms with Gasteiger partial charge in [0.1, 0.15) is 12.6 Å². The lowest BCUT2D eigenvalue weighted by atomic mass is 10.0. The molecule has 0 bridgehead atoms. The largest absolute Gasteiger partial charge is 0.352 e. The van der Waals surface area contributed by atoms with E-state index >= 15 is 0 Å². The van der Waals surface area contributed by atoms with Crippen LogP contribution in [0.4, 0.5) is 5.69 Å². The summed E-state index contributed by atoms with van der Waals surface area (Å²) in [5.74, 6) is -0.803. The first-order valence-electron chi connectivity index (χ1n) is 14.1. The number of sulfonamides is 1. The highest BCUT2D eigenvalue weighted by Crippen LogP contribution is 2.26. The molecule has 0 aromatic heterocycles. The van der Waals surface area contributed by atoms with Gasteiger partial charge in [-0.25, -0.2) is 8.42 Å². The molecule has 224 valence electrons. The van der Waals surface area contributed by atoms with Crippen molar-refractivity contribution < 1.29 is 18.0 Å². The summed E-state index contributed by atoms with van der Waals surface area (Å²) in [6, 6.07) is 31.0. The smallest absolute Gasteiger partial charge is 0.264 e. The van der Waals surface area contributed by atoms with Crippen LogP contribution in [0.3, 0.4) is 0 Å². The lowest BCUT2D eigenvalue weighted by molar-refractivity contribution is -0.140. The molecule has 4 aromatic carbocycles. The van der Waals surface area contributed by atoms with Gasteiger partial charge in [-0.15, -0.1) is 0 Å². The van der Waals surface area contributed by atoms with E-state index in [0.717, 1.165) is 25.5 Å². The third kappa shape index (κ3) is 8.55. The summed E-state index contributed by atoms with van der Waals surface area (Å²) in [6.45, 7) is 5.34. The number of halogens is 1. The maximum atomic E-state index is 14.4. The molecule has 4 aromatic rings. The second kappa shape index (κ2) is 14.5. The Balaban J connectivity index is 1.79. The first kappa shape index (κ1) is 32.0. The highest BCUT2D eigenvalue weighted by Gasteiger charge is 2.34. The van der Waals surface area contributed by atoms with Crippen molar-refractivity contribution in [1.29, 1.82) is 0 Å². The van der Waals surface area contributed by atoms with Crippen LogP contribution in [0.25, 0.3) is 0 Å². The van der Waals surface area contributed by atoms with Gasteiger partial charge in [-0.05, 0) is 68.3 Å². The van der Waals surface area contributed by atoms with Gasteiger partial charge in [0.2, 0.25) is 11.8 Å². The minimum absolute atomic E-state index is 0.0641. The summed E-state index contributed by atoms with van der Waals surface area (Å²) < 4.78 is 29.8. The summed E-state index contributed by atoms with van der Waals surface area (Å²) >= 11 is 3.40. The van der Waals surface area contributed by atoms with Crippen molar-refractivity contribution in [3.8, 4) is 0 Å². The van der Waals surface area contributed by atoms with Gasteiger partial charge in [-0.3, -0.25) is 13.9 Å². The summed E-state index contributed by atoms with van der Waals surface area (Å²) in [5.41, 5.74) is 3.11. The Bertz CT molecular complexity index is 1610. The van der Waals surface area contributed by atoms with E-state index in [9.17, 15) is 18.0 Å². The van der Waals surface area contributed by atoms with Crippen molar-refractivity contribution in [3.05, 3.63) is 130 Å². The number of nitrogens with zero attached hydrogens (tertiary/aromatic N) is 2. The van der Waals surface area contributed by atoms with E-state index in [-0.39, 0.29) is 29.8 Å². The number of benzene rings is 4. The quantitative estimate of drug-likeness (QED) is 0.198. The number of rotatable bonds is 12. The van der Waals surface area contributed by atoms with E-state index in [1.54, 1.807) is 42.5 Å². The molecular formula is C34H36BrN3O4S. The molecule has 0 aliphatic carbocycles. The molecule has 4 rings (SSSR count). The van der Waals surface area contributed by atoms with Crippen LogP contribution in [-0.2, 0) is 32.6 Å². The van der Waals surface area contributed by atoms with Gasteiger partial charge in [0.05, 0.1) is 10.6 Å². The lowest BCUT2D eigenvalue weighted by Crippen LogP contribution is -2.54. The van der Waals surface area contributed by atoms with Crippen molar-refractivity contribution in [2.75, 3.05) is 10.8 Å². The fourth-order valence-corrected chi connectivity index (χ4v) is 6.38. The van der Waals surface area contributed by atoms with E-state index < -0.39 is 28.5 Å². The van der Waals surface area contributed by atoms with Gasteiger partial charge in [0, 0.05) is 23.5 Å². The molecule has 0 heterocycles. The number of hydrogen-bond donors (Lipinski definition) is 1. The molecule has 0 aliphatic rings. The fourth-order valence-electron chi connectivity index (χ4n) is 4.68. The van der Waals surface area contributed by atoms with Gasteiger partial charge in [-0.2, -0.15) is 0 Å². The molecule has 0 radical (unpaired) electrons. The predicted octanol–water partition coefficient (Wildman–Crippen LogP) is 6.12. The SMILES string of the molecule is Cc1ccc(CN(C(=O)CN(c2ccc(Br)cc2)S(=O)(=O)c2ccccc2)[C@H](Cc2ccccc2)C(=O)NC(C)C)cc1. The summed E-state index contributed by atoms with van der Waals surface area (Å²) in [4.78, 5) is 29.7. The maximum Gasteiger partial charge on any atom is 0.264 e. The highest BCUT2D eigenvalue weighted by molar-refractivity contribution is 9.10. The molecule has 9 heteroatoms. The van der Waals surface area contributed by atoms with Crippen molar-refractivity contribution >= 4 is 43.5 Å². The van der Waals surface area contributed by atoms with Crippen LogP contribution in [0.5, 0.6) is 0 Å². The Kier molecular flexibility index (Phi) is 10.8. The standard InChI is InChI=1S/C34H36BrN3O4S/c1-25(2)36-34(40)32(22-27-10-6-4-7-11-27)37(23-28-16-14-26(3)15-17-28)33(39)24-38(30-20-18-29(35)19-21-30)43(41,42)31-12-8-5-9-13-31/h4-21,25,32H,22-24H2,1-3H3,(H,36,40)/t32-/m1/s1. The van der Waals surface area contributed by atoms with E-state index in [1.165, 1.54) is 17.0 Å². The molecular weight excluding hydrogens is 626 g/mol. The molecule has 0 saturated carbocycles. The first-order valence-corrected chi connectivity index (χ1v) is 16.3. The van der Waals surface area contributed by atoms with Gasteiger partial charge >= 0.3 is 0 Å². The molecule has 0 aliphatic heterocycles. The average Bonchev–Trinajstić information content (AvgIpc) is 2.99. The van der Waals surface area contributed by atoms with Gasteiger partial charge in [0.25, 0.3) is 10.0 Å². The molecule has 43 heavy (non-hydrogen) atoms. The monoisotopic (exact) mass is 661 g/mol. The number of nitrogens with one attached hydrogen (secondary N) is 1. The van der Waals surface area contributed by atoms with Gasteiger partial charge in [0.15, 0.2) is 0 Å². The average molecular weight is 663 g/mol. The molecule has 0 spiro atoms. The summed E-state index contributed by atoms with van der Waals surface area (Å²) in [7, 11) is -4.13. The molecule has 0 fully saturated rings. The van der Waals surface area contributed by atoms with Crippen LogP contribution >= 0.6 is 15.9 Å². The summed E-state index contributed by atoms with van der Waals surface area (Å²) in [5, 5.41) is 2.97. The second-order valence-corrected chi connectivity index (χ2v) is 13.5. The van der Waals surface area contributed by atoms with Gasteiger partial charge < -0.3 is 10.2 Å². The van der Waals surface area contributed by atoms with E-state index in [4.69, 9.17) is 0 Å². The van der Waals surface area contributed by atoms with Gasteiger partial charge in [-0.1, -0.05) is 94.3 Å². The van der Waals surface area contributed by atoms with Crippen molar-refractivity contribution in [1.82, 2.24) is 10.2 Å². The number of amides is 2. The van der Waals surface area contributed by atoms with Crippen LogP contribution in [0.15, 0.2) is 119 Å². The van der Waals surface area contributed by atoms with Crippen molar-refractivity contribution in [2.24, 2.45) is 0 Å². The van der Waals surface area contributed by atoms with E-state index in [1.807, 2.05) is 75.4 Å². The normalized spacial score (nSPS) is 12.0. The molecule has 0 saturated heterocycles. The Morgan fingerprint density at radius 2 is 1.37 bits per heavy atom. The zero-order valence-electron chi connectivity index (χ0n) is 24.5. The zero-order valence-corrected chi connectivity index (χ0v) is 26.9. The predicted molar refractivity (Wildman–Crippen MR) is 174 cm³/mol. The zero-order chi connectivity index (χ0) is 31.0. The topological polar surface area (TPSA) is 86.8 Å². The number of carbonyl (C=O) groups excluding carboxylic acids is 2. The van der Waals surface area contributed by atoms with E-state index in [0.29, 0.717) is 5.69 Å². The second-order valence-electron chi connectivity index (χ2n) is 10.7. The van der Waals surface area contributed by atoms with Crippen LogP contribution in [-0.4, -0.2) is 43.8 Å². The number of anilines is 1. The molecule has 7 nitrogen and oxygen atoms in total. The van der Waals surface area contributed by atoms with E-state index in [2.05, 4.69) is 21.2 Å². The number of carbonyl (C=O) groups is 2. The third-order valence-corrected chi connectivity index (χ3v) is 9.22. The van der Waals surface area contributed by atoms with Crippen molar-refractivity contribution in [3.63, 3.8) is 0 Å². The minimum atomic E-state index is -4.13. The lowest BCUT2D eigenvalue weighted by Gasteiger charge is -2.34. The van der Waals surface area contributed by atoms with Crippen LogP contribution in [0, 0.1) is 6.92 Å². The Labute approximate surface area is 262 Å². The summed E-state index contributed by atoms with van der Waals surface area (Å²) in [6.07, 6.45) is 0.265. The Morgan fingerprint density at radius 3 is 1.95 bits per heavy atom. The first-order chi connectivity index (χ1) is 20.5. The van der Waals surface area contributed by atoms with Crippen LogP contribution in [0.2, 0.25) is 0 Å². The fraction of sp³-hybridized carbons (Fsp3) is 0.235. The maximum absolute atomic E-state index is 14.4. The van der Waals surface area contributed by atoms with Crippen molar-refractivity contribution in [2.45, 2.75) is 50.7 Å². The number of aryl methyl sites for hydroxylation is 1. The van der Waals surface area contributed by atoms with Crippen LogP contribution in [0.1, 0.15) is 30.5 Å². The Morgan fingerprint density at radius 1 is 0.791 bits per heavy atom. The van der Waals surface area contributed by atoms with Crippen LogP contribution < -0.4 is 9.62 Å². The highest BCUT2D eigenvalue weighted by atomic mass is 79.9. The minimum Gasteiger partial charge on any atom is -0.352 e.